The number of piperidine rings is 1. The monoisotopic (exact) mass is 319 g/mol. The SMILES string of the molecule is Cc1ccc(-c2ccc3occ(C4CCC(=O)NC4=O)c3c2)cc1. The van der Waals surface area contributed by atoms with Crippen molar-refractivity contribution in [2.45, 2.75) is 25.7 Å². The van der Waals surface area contributed by atoms with Gasteiger partial charge in [-0.05, 0) is 36.6 Å². The maximum Gasteiger partial charge on any atom is 0.234 e. The first-order valence-corrected chi connectivity index (χ1v) is 8.04. The number of nitrogens with one attached hydrogen (secondary N) is 1. The van der Waals surface area contributed by atoms with E-state index in [4.69, 9.17) is 4.42 Å². The second-order valence-corrected chi connectivity index (χ2v) is 6.27. The van der Waals surface area contributed by atoms with E-state index in [1.807, 2.05) is 12.1 Å². The number of rotatable bonds is 2. The van der Waals surface area contributed by atoms with Crippen molar-refractivity contribution in [1.82, 2.24) is 5.32 Å². The van der Waals surface area contributed by atoms with Gasteiger partial charge in [0.2, 0.25) is 11.8 Å². The molecule has 2 amide bonds. The molecule has 4 rings (SSSR count). The van der Waals surface area contributed by atoms with Gasteiger partial charge in [0, 0.05) is 17.4 Å². The third-order valence-electron chi connectivity index (χ3n) is 4.60. The first-order valence-electron chi connectivity index (χ1n) is 8.04. The lowest BCUT2D eigenvalue weighted by molar-refractivity contribution is -0.134. The van der Waals surface area contributed by atoms with Gasteiger partial charge in [0.05, 0.1) is 12.2 Å². The molecule has 1 atom stereocenters. The van der Waals surface area contributed by atoms with Crippen molar-refractivity contribution in [3.8, 4) is 11.1 Å². The van der Waals surface area contributed by atoms with Gasteiger partial charge in [0.1, 0.15) is 5.58 Å². The number of carbonyl (C=O) groups is 2. The van der Waals surface area contributed by atoms with Crippen LogP contribution in [-0.2, 0) is 9.59 Å². The highest BCUT2D eigenvalue weighted by Gasteiger charge is 2.30. The predicted molar refractivity (Wildman–Crippen MR) is 91.5 cm³/mol. The Balaban J connectivity index is 1.77. The summed E-state index contributed by atoms with van der Waals surface area (Å²) in [7, 11) is 0. The predicted octanol–water partition coefficient (Wildman–Crippen LogP) is 3.93. The van der Waals surface area contributed by atoms with Gasteiger partial charge in [-0.15, -0.1) is 0 Å². The van der Waals surface area contributed by atoms with E-state index in [0.717, 1.165) is 27.7 Å². The average Bonchev–Trinajstić information content (AvgIpc) is 2.98. The zero-order valence-corrected chi connectivity index (χ0v) is 13.3. The number of benzene rings is 2. The van der Waals surface area contributed by atoms with Crippen molar-refractivity contribution in [2.24, 2.45) is 0 Å². The summed E-state index contributed by atoms with van der Waals surface area (Å²) in [5.41, 5.74) is 5.03. The molecule has 24 heavy (non-hydrogen) atoms. The Morgan fingerprint density at radius 1 is 1.04 bits per heavy atom. The smallest absolute Gasteiger partial charge is 0.234 e. The van der Waals surface area contributed by atoms with Crippen LogP contribution >= 0.6 is 0 Å². The molecule has 2 aromatic carbocycles. The van der Waals surface area contributed by atoms with Crippen molar-refractivity contribution in [3.63, 3.8) is 0 Å². The number of carbonyl (C=O) groups excluding carboxylic acids is 2. The van der Waals surface area contributed by atoms with Gasteiger partial charge in [-0.3, -0.25) is 14.9 Å². The molecular weight excluding hydrogens is 302 g/mol. The summed E-state index contributed by atoms with van der Waals surface area (Å²) in [6.45, 7) is 2.06. The van der Waals surface area contributed by atoms with E-state index in [1.165, 1.54) is 5.56 Å². The second kappa shape index (κ2) is 5.64. The largest absolute Gasteiger partial charge is 0.464 e. The first kappa shape index (κ1) is 14.7. The fraction of sp³-hybridized carbons (Fsp3) is 0.200. The van der Waals surface area contributed by atoms with Crippen LogP contribution in [0.2, 0.25) is 0 Å². The zero-order chi connectivity index (χ0) is 16.7. The van der Waals surface area contributed by atoms with Crippen LogP contribution in [0.5, 0.6) is 0 Å². The minimum Gasteiger partial charge on any atom is -0.464 e. The second-order valence-electron chi connectivity index (χ2n) is 6.27. The molecule has 1 unspecified atom stereocenters. The quantitative estimate of drug-likeness (QED) is 0.728. The van der Waals surface area contributed by atoms with E-state index in [-0.39, 0.29) is 17.7 Å². The molecule has 120 valence electrons. The summed E-state index contributed by atoms with van der Waals surface area (Å²) in [5, 5.41) is 3.35. The van der Waals surface area contributed by atoms with Gasteiger partial charge in [-0.2, -0.15) is 0 Å². The van der Waals surface area contributed by atoms with E-state index in [1.54, 1.807) is 6.26 Å². The van der Waals surface area contributed by atoms with Crippen LogP contribution in [-0.4, -0.2) is 11.8 Å². The van der Waals surface area contributed by atoms with Crippen molar-refractivity contribution in [3.05, 3.63) is 59.9 Å². The van der Waals surface area contributed by atoms with E-state index < -0.39 is 0 Å². The molecule has 1 aliphatic heterocycles. The Bertz CT molecular complexity index is 937. The van der Waals surface area contributed by atoms with Crippen LogP contribution < -0.4 is 5.32 Å². The minimum absolute atomic E-state index is 0.204. The highest BCUT2D eigenvalue weighted by atomic mass is 16.3. The summed E-state index contributed by atoms with van der Waals surface area (Å²) < 4.78 is 5.62. The number of furan rings is 1. The van der Waals surface area contributed by atoms with E-state index in [9.17, 15) is 9.59 Å². The lowest BCUT2D eigenvalue weighted by Gasteiger charge is -2.19. The van der Waals surface area contributed by atoms with Gasteiger partial charge in [-0.1, -0.05) is 35.9 Å². The topological polar surface area (TPSA) is 59.3 Å². The summed E-state index contributed by atoms with van der Waals surface area (Å²) in [6.07, 6.45) is 2.53. The molecule has 0 spiro atoms. The van der Waals surface area contributed by atoms with Gasteiger partial charge >= 0.3 is 0 Å². The first-order chi connectivity index (χ1) is 11.6. The molecule has 4 heteroatoms. The third kappa shape index (κ3) is 2.50. The van der Waals surface area contributed by atoms with Gasteiger partial charge in [0.15, 0.2) is 0 Å². The molecule has 0 saturated carbocycles. The van der Waals surface area contributed by atoms with Gasteiger partial charge < -0.3 is 4.42 Å². The molecule has 1 saturated heterocycles. The summed E-state index contributed by atoms with van der Waals surface area (Å²) in [4.78, 5) is 23.5. The van der Waals surface area contributed by atoms with Gasteiger partial charge in [-0.25, -0.2) is 0 Å². The zero-order valence-electron chi connectivity index (χ0n) is 13.3. The molecule has 1 N–H and O–H groups in total. The molecule has 3 aromatic rings. The standard InChI is InChI=1S/C20H17NO3/c1-12-2-4-13(5-3-12)14-6-8-18-16(10-14)17(11-24-18)15-7-9-19(22)21-20(15)23/h2-6,8,10-11,15H,7,9H2,1H3,(H,21,22,23). The number of aryl methyl sites for hydroxylation is 1. The Hall–Kier alpha value is -2.88. The van der Waals surface area contributed by atoms with Crippen molar-refractivity contribution >= 4 is 22.8 Å². The lowest BCUT2D eigenvalue weighted by atomic mass is 9.89. The van der Waals surface area contributed by atoms with Crippen LogP contribution in [0.4, 0.5) is 0 Å². The Kier molecular flexibility index (Phi) is 3.45. The van der Waals surface area contributed by atoms with Crippen LogP contribution in [0.25, 0.3) is 22.1 Å². The van der Waals surface area contributed by atoms with Crippen LogP contribution in [0.1, 0.15) is 29.9 Å². The molecule has 0 bridgehead atoms. The molecule has 1 aromatic heterocycles. The molecule has 1 fully saturated rings. The summed E-state index contributed by atoms with van der Waals surface area (Å²) in [5.74, 6) is -0.781. The van der Waals surface area contributed by atoms with Crippen LogP contribution in [0.3, 0.4) is 0 Å². The van der Waals surface area contributed by atoms with Crippen molar-refractivity contribution in [1.29, 1.82) is 0 Å². The number of hydrogen-bond donors (Lipinski definition) is 1. The number of amides is 2. The van der Waals surface area contributed by atoms with Crippen molar-refractivity contribution < 1.29 is 14.0 Å². The summed E-state index contributed by atoms with van der Waals surface area (Å²) >= 11 is 0. The molecule has 0 aliphatic carbocycles. The minimum atomic E-state index is -0.336. The molecule has 0 radical (unpaired) electrons. The van der Waals surface area contributed by atoms with Crippen LogP contribution in [0.15, 0.2) is 53.1 Å². The highest BCUT2D eigenvalue weighted by Crippen LogP contribution is 2.34. The molecule has 4 nitrogen and oxygen atoms in total. The number of hydrogen-bond acceptors (Lipinski definition) is 3. The van der Waals surface area contributed by atoms with Gasteiger partial charge in [0.25, 0.3) is 0 Å². The molecule has 2 heterocycles. The maximum atomic E-state index is 12.2. The molecule has 1 aliphatic rings. The Labute approximate surface area is 139 Å². The fourth-order valence-electron chi connectivity index (χ4n) is 3.23. The van der Waals surface area contributed by atoms with Crippen molar-refractivity contribution in [2.75, 3.05) is 0 Å². The number of fused-ring (bicyclic) bond motifs is 1. The lowest BCUT2D eigenvalue weighted by Crippen LogP contribution is -2.39. The van der Waals surface area contributed by atoms with Crippen LogP contribution in [0, 0.1) is 6.92 Å². The highest BCUT2D eigenvalue weighted by molar-refractivity contribution is 6.03. The average molecular weight is 319 g/mol. The normalized spacial score (nSPS) is 18.0. The Morgan fingerprint density at radius 3 is 2.54 bits per heavy atom. The maximum absolute atomic E-state index is 12.2. The molecular formula is C20H17NO3. The van der Waals surface area contributed by atoms with E-state index >= 15 is 0 Å². The fourth-order valence-corrected chi connectivity index (χ4v) is 3.23. The van der Waals surface area contributed by atoms with E-state index in [2.05, 4.69) is 42.6 Å². The summed E-state index contributed by atoms with van der Waals surface area (Å²) in [6, 6.07) is 14.3. The third-order valence-corrected chi connectivity index (χ3v) is 4.60. The van der Waals surface area contributed by atoms with E-state index in [0.29, 0.717) is 12.8 Å². The number of imide groups is 1. The Morgan fingerprint density at radius 2 is 1.79 bits per heavy atom.